The average Bonchev–Trinajstić information content (AvgIpc) is 2.55. The minimum atomic E-state index is 0.0743. The molecule has 2 aromatic rings. The quantitative estimate of drug-likeness (QED) is 0.479. The summed E-state index contributed by atoms with van der Waals surface area (Å²) in [5.74, 6) is 0.423. The number of halogens is 1. The van der Waals surface area contributed by atoms with Crippen LogP contribution in [0.4, 0.5) is 0 Å². The van der Waals surface area contributed by atoms with E-state index in [9.17, 15) is 10.4 Å². The van der Waals surface area contributed by atoms with Crippen molar-refractivity contribution in [3.05, 3.63) is 56.7 Å². The molecule has 5 heteroatoms. The van der Waals surface area contributed by atoms with Crippen molar-refractivity contribution >= 4 is 34.2 Å². The van der Waals surface area contributed by atoms with Crippen molar-refractivity contribution in [1.82, 2.24) is 0 Å². The number of hydrogen-bond acceptors (Lipinski definition) is 4. The third kappa shape index (κ3) is 3.38. The van der Waals surface area contributed by atoms with E-state index in [1.54, 1.807) is 42.5 Å². The second-order valence-electron chi connectivity index (χ2n) is 4.42. The maximum absolute atomic E-state index is 9.84. The predicted molar refractivity (Wildman–Crippen MR) is 92.0 cm³/mol. The second kappa shape index (κ2) is 6.97. The van der Waals surface area contributed by atoms with Crippen LogP contribution >= 0.6 is 22.6 Å². The molecule has 4 nitrogen and oxygen atoms in total. The van der Waals surface area contributed by atoms with Gasteiger partial charge in [-0.05, 0) is 64.1 Å². The number of aromatic hydroxyl groups is 1. The highest BCUT2D eigenvalue weighted by molar-refractivity contribution is 14.1. The Labute approximate surface area is 142 Å². The van der Waals surface area contributed by atoms with E-state index in [1.807, 2.05) is 22.6 Å². The Balaban J connectivity index is 2.52. The first-order chi connectivity index (χ1) is 10.6. The smallest absolute Gasteiger partial charge is 0.171 e. The Morgan fingerprint density at radius 2 is 2.05 bits per heavy atom. The zero-order valence-electron chi connectivity index (χ0n) is 11.7. The molecule has 0 aliphatic heterocycles. The fourth-order valence-electron chi connectivity index (χ4n) is 1.94. The van der Waals surface area contributed by atoms with Gasteiger partial charge in [-0.15, -0.1) is 0 Å². The van der Waals surface area contributed by atoms with Crippen LogP contribution in [-0.4, -0.2) is 12.2 Å². The monoisotopic (exact) mass is 402 g/mol. The molecule has 22 heavy (non-hydrogen) atoms. The van der Waals surface area contributed by atoms with Crippen molar-refractivity contribution in [1.29, 1.82) is 10.5 Å². The van der Waals surface area contributed by atoms with Gasteiger partial charge in [-0.2, -0.15) is 10.5 Å². The first-order valence-corrected chi connectivity index (χ1v) is 7.35. The summed E-state index contributed by atoms with van der Waals surface area (Å²) in [7, 11) is 1.47. The maximum Gasteiger partial charge on any atom is 0.171 e. The fraction of sp³-hybridized carbons (Fsp3) is 0.0588. The van der Waals surface area contributed by atoms with Crippen molar-refractivity contribution in [2.45, 2.75) is 0 Å². The molecular formula is C17H11IN2O2. The molecule has 0 atom stereocenters. The Morgan fingerprint density at radius 1 is 1.27 bits per heavy atom. The normalized spacial score (nSPS) is 10.6. The van der Waals surface area contributed by atoms with Gasteiger partial charge in [-0.25, -0.2) is 0 Å². The summed E-state index contributed by atoms with van der Waals surface area (Å²) < 4.78 is 5.74. The van der Waals surface area contributed by atoms with Gasteiger partial charge in [0.1, 0.15) is 0 Å². The number of allylic oxidation sites excluding steroid dienone is 1. The Hall–Kier alpha value is -2.51. The number of phenolic OH excluding ortho intramolecular Hbond substituents is 1. The van der Waals surface area contributed by atoms with E-state index in [-0.39, 0.29) is 5.75 Å². The van der Waals surface area contributed by atoms with E-state index in [4.69, 9.17) is 10.00 Å². The van der Waals surface area contributed by atoms with Crippen LogP contribution in [0.3, 0.4) is 0 Å². The lowest BCUT2D eigenvalue weighted by atomic mass is 10.0. The first kappa shape index (κ1) is 15.9. The molecule has 0 aliphatic rings. The van der Waals surface area contributed by atoms with E-state index in [2.05, 4.69) is 12.1 Å². The van der Waals surface area contributed by atoms with Crippen LogP contribution in [0.25, 0.3) is 11.6 Å². The van der Waals surface area contributed by atoms with Gasteiger partial charge in [0.25, 0.3) is 0 Å². The molecule has 0 heterocycles. The topological polar surface area (TPSA) is 77.0 Å². The summed E-state index contributed by atoms with van der Waals surface area (Å²) in [6.07, 6.45) is 1.70. The van der Waals surface area contributed by atoms with Crippen molar-refractivity contribution in [2.24, 2.45) is 0 Å². The third-order valence-corrected chi connectivity index (χ3v) is 3.83. The van der Waals surface area contributed by atoms with Crippen LogP contribution in [0.15, 0.2) is 36.4 Å². The highest BCUT2D eigenvalue weighted by Gasteiger charge is 2.09. The molecule has 0 spiro atoms. The lowest BCUT2D eigenvalue weighted by molar-refractivity contribution is 0.371. The lowest BCUT2D eigenvalue weighted by Gasteiger charge is -2.07. The average molecular weight is 402 g/mol. The number of ether oxygens (including phenoxy) is 1. The van der Waals surface area contributed by atoms with E-state index in [0.29, 0.717) is 26.0 Å². The van der Waals surface area contributed by atoms with Crippen LogP contribution in [0.2, 0.25) is 0 Å². The van der Waals surface area contributed by atoms with Crippen molar-refractivity contribution in [2.75, 3.05) is 7.11 Å². The van der Waals surface area contributed by atoms with Crippen LogP contribution < -0.4 is 4.74 Å². The highest BCUT2D eigenvalue weighted by atomic mass is 127. The molecule has 0 fully saturated rings. The summed E-state index contributed by atoms with van der Waals surface area (Å²) in [4.78, 5) is 0. The number of benzene rings is 2. The fourth-order valence-corrected chi connectivity index (χ4v) is 2.56. The molecule has 0 radical (unpaired) electrons. The predicted octanol–water partition coefficient (Wildman–Crippen LogP) is 3.94. The summed E-state index contributed by atoms with van der Waals surface area (Å²) in [6.45, 7) is 0. The van der Waals surface area contributed by atoms with Crippen molar-refractivity contribution in [3.63, 3.8) is 0 Å². The standard InChI is InChI=1S/C17H11IN2O2/c1-22-16-8-12(7-15(18)17(16)21)6-14(10-20)13-4-2-3-11(5-13)9-19/h2-8,21H,1H3/b14-6-. The van der Waals surface area contributed by atoms with Gasteiger partial charge in [0, 0.05) is 0 Å². The van der Waals surface area contributed by atoms with Gasteiger partial charge in [0.05, 0.1) is 34.0 Å². The van der Waals surface area contributed by atoms with Gasteiger partial charge in [-0.3, -0.25) is 0 Å². The van der Waals surface area contributed by atoms with Gasteiger partial charge < -0.3 is 9.84 Å². The van der Waals surface area contributed by atoms with Gasteiger partial charge in [0.15, 0.2) is 11.5 Å². The van der Waals surface area contributed by atoms with E-state index in [1.165, 1.54) is 7.11 Å². The molecule has 2 aromatic carbocycles. The second-order valence-corrected chi connectivity index (χ2v) is 5.58. The Morgan fingerprint density at radius 3 is 2.68 bits per heavy atom. The molecule has 0 amide bonds. The summed E-state index contributed by atoms with van der Waals surface area (Å²) in [6, 6.07) is 14.5. The Kier molecular flexibility index (Phi) is 5.03. The molecular weight excluding hydrogens is 391 g/mol. The summed E-state index contributed by atoms with van der Waals surface area (Å²) in [5.41, 5.74) is 2.33. The molecule has 0 aliphatic carbocycles. The minimum absolute atomic E-state index is 0.0743. The van der Waals surface area contributed by atoms with Crippen LogP contribution in [0, 0.1) is 26.2 Å². The molecule has 2 rings (SSSR count). The summed E-state index contributed by atoms with van der Waals surface area (Å²) in [5, 5.41) is 28.2. The third-order valence-electron chi connectivity index (χ3n) is 3.00. The largest absolute Gasteiger partial charge is 0.504 e. The molecule has 0 saturated carbocycles. The number of phenols is 1. The van der Waals surface area contributed by atoms with Crippen LogP contribution in [-0.2, 0) is 0 Å². The zero-order valence-corrected chi connectivity index (χ0v) is 13.8. The zero-order chi connectivity index (χ0) is 16.1. The SMILES string of the molecule is COc1cc(/C=C(/C#N)c2cccc(C#N)c2)cc(I)c1O. The number of hydrogen-bond donors (Lipinski definition) is 1. The molecule has 0 bridgehead atoms. The van der Waals surface area contributed by atoms with Gasteiger partial charge >= 0.3 is 0 Å². The van der Waals surface area contributed by atoms with Gasteiger partial charge in [-0.1, -0.05) is 12.1 Å². The van der Waals surface area contributed by atoms with E-state index >= 15 is 0 Å². The highest BCUT2D eigenvalue weighted by Crippen LogP contribution is 2.33. The number of nitriles is 2. The number of rotatable bonds is 3. The van der Waals surface area contributed by atoms with Crippen molar-refractivity contribution in [3.8, 4) is 23.6 Å². The molecule has 0 unspecified atom stereocenters. The molecule has 1 N–H and O–H groups in total. The van der Waals surface area contributed by atoms with E-state index < -0.39 is 0 Å². The first-order valence-electron chi connectivity index (χ1n) is 6.28. The van der Waals surface area contributed by atoms with Crippen LogP contribution in [0.1, 0.15) is 16.7 Å². The lowest BCUT2D eigenvalue weighted by Crippen LogP contribution is -1.89. The number of nitrogens with zero attached hydrogens (tertiary/aromatic N) is 2. The molecule has 108 valence electrons. The van der Waals surface area contributed by atoms with Gasteiger partial charge in [0.2, 0.25) is 0 Å². The molecule has 0 aromatic heterocycles. The number of methoxy groups -OCH3 is 1. The van der Waals surface area contributed by atoms with Crippen molar-refractivity contribution < 1.29 is 9.84 Å². The molecule has 0 saturated heterocycles. The minimum Gasteiger partial charge on any atom is -0.504 e. The summed E-state index contributed by atoms with van der Waals surface area (Å²) >= 11 is 2.00. The Bertz CT molecular complexity index is 830. The maximum atomic E-state index is 9.84. The van der Waals surface area contributed by atoms with Crippen LogP contribution in [0.5, 0.6) is 11.5 Å². The van der Waals surface area contributed by atoms with E-state index in [0.717, 1.165) is 5.56 Å².